The molecule has 1 N–H and O–H groups in total. The summed E-state index contributed by atoms with van der Waals surface area (Å²) in [5, 5.41) is 9.99. The van der Waals surface area contributed by atoms with Gasteiger partial charge in [0, 0.05) is 28.7 Å². The maximum absolute atomic E-state index is 13.4. The Bertz CT molecular complexity index is 1410. The molecule has 0 radical (unpaired) electrons. The van der Waals surface area contributed by atoms with Crippen molar-refractivity contribution in [3.63, 3.8) is 0 Å². The molecule has 176 valence electrons. The fourth-order valence-electron chi connectivity index (χ4n) is 4.37. The van der Waals surface area contributed by atoms with Crippen molar-refractivity contribution in [3.05, 3.63) is 63.2 Å². The van der Waals surface area contributed by atoms with Crippen LogP contribution in [0.15, 0.2) is 24.3 Å². The van der Waals surface area contributed by atoms with Gasteiger partial charge in [-0.05, 0) is 41.0 Å². The second kappa shape index (κ2) is 7.99. The van der Waals surface area contributed by atoms with Gasteiger partial charge in [0.15, 0.2) is 11.6 Å². The van der Waals surface area contributed by atoms with Gasteiger partial charge in [-0.15, -0.1) is 0 Å². The Kier molecular flexibility index (Phi) is 5.69. The number of carbonyl (C=O) groups excluding carboxylic acids is 2. The molecule has 0 saturated heterocycles. The second-order valence-electron chi connectivity index (χ2n) is 7.84. The van der Waals surface area contributed by atoms with Crippen LogP contribution in [0, 0.1) is 0 Å². The van der Waals surface area contributed by atoms with Gasteiger partial charge in [-0.3, -0.25) is 18.0 Å². The minimum absolute atomic E-state index is 0.00608. The first kappa shape index (κ1) is 23.5. The summed E-state index contributed by atoms with van der Waals surface area (Å²) < 4.78 is 62.8. The first-order valence-corrected chi connectivity index (χ1v) is 13.3. The number of hydrogen-bond donors (Lipinski definition) is 1. The number of carbonyl (C=O) groups is 2. The molecule has 2 aliphatic rings. The molecule has 0 saturated carbocycles. The molecular weight excluding hydrogens is 476 g/mol. The molecule has 0 spiro atoms. The monoisotopic (exact) mass is 496 g/mol. The molecule has 0 amide bonds. The summed E-state index contributed by atoms with van der Waals surface area (Å²) in [4.78, 5) is 26.7. The van der Waals surface area contributed by atoms with Crippen molar-refractivity contribution in [2.24, 2.45) is 0 Å². The quantitative estimate of drug-likeness (QED) is 0.487. The van der Waals surface area contributed by atoms with Crippen LogP contribution < -0.4 is 4.74 Å². The zero-order valence-electron chi connectivity index (χ0n) is 17.8. The summed E-state index contributed by atoms with van der Waals surface area (Å²) in [6, 6.07) is 5.73. The van der Waals surface area contributed by atoms with Crippen LogP contribution in [-0.4, -0.2) is 59.2 Å². The number of benzene rings is 2. The molecule has 2 aromatic carbocycles. The maximum Gasteiger partial charge on any atom is 0.265 e. The molecule has 2 unspecified atom stereocenters. The molecule has 2 aromatic rings. The first-order valence-electron chi connectivity index (χ1n) is 9.68. The van der Waals surface area contributed by atoms with Crippen LogP contribution in [0.5, 0.6) is 5.75 Å². The van der Waals surface area contributed by atoms with Crippen molar-refractivity contribution in [3.8, 4) is 5.75 Å². The van der Waals surface area contributed by atoms with Gasteiger partial charge >= 0.3 is 0 Å². The minimum atomic E-state index is -4.09. The van der Waals surface area contributed by atoms with Gasteiger partial charge in [0.05, 0.1) is 26.2 Å². The van der Waals surface area contributed by atoms with Crippen molar-refractivity contribution in [1.29, 1.82) is 0 Å². The Morgan fingerprint density at radius 3 is 2.18 bits per heavy atom. The van der Waals surface area contributed by atoms with E-state index in [1.54, 1.807) is 0 Å². The highest BCUT2D eigenvalue weighted by molar-refractivity contribution is 7.86. The van der Waals surface area contributed by atoms with E-state index in [9.17, 15) is 31.5 Å². The Labute approximate surface area is 190 Å². The van der Waals surface area contributed by atoms with E-state index in [0.29, 0.717) is 5.75 Å². The normalized spacial score (nSPS) is 19.8. The molecule has 10 nitrogen and oxygen atoms in total. The van der Waals surface area contributed by atoms with Crippen LogP contribution >= 0.6 is 0 Å². The zero-order valence-corrected chi connectivity index (χ0v) is 19.4. The van der Waals surface area contributed by atoms with Crippen LogP contribution in [0.1, 0.15) is 54.6 Å². The molecular formula is C21H20O10S2. The molecule has 0 aromatic heterocycles. The standard InChI is InChI=1S/C21H20O10S2/c1-29-11-4-5-12-13(7-11)19(23)15-6-10(9-22)17-14(18(15)20(12)24)8-16(30-32(2,25)26)21(17)31-33(3,27)28/h4-7,16,21-22H,8-9H2,1-3H3. The van der Waals surface area contributed by atoms with Crippen molar-refractivity contribution >= 4 is 31.8 Å². The Morgan fingerprint density at radius 2 is 1.61 bits per heavy atom. The van der Waals surface area contributed by atoms with Gasteiger partial charge in [-0.1, -0.05) is 0 Å². The summed E-state index contributed by atoms with van der Waals surface area (Å²) in [5.74, 6) is -0.602. The fraction of sp³-hybridized carbons (Fsp3) is 0.333. The topological polar surface area (TPSA) is 150 Å². The number of aliphatic hydroxyl groups is 1. The number of methoxy groups -OCH3 is 1. The third-order valence-electron chi connectivity index (χ3n) is 5.52. The van der Waals surface area contributed by atoms with Gasteiger partial charge in [0.25, 0.3) is 20.2 Å². The molecule has 0 bridgehead atoms. The molecule has 12 heteroatoms. The minimum Gasteiger partial charge on any atom is -0.497 e. The van der Waals surface area contributed by atoms with Crippen LogP contribution in [0.2, 0.25) is 0 Å². The highest BCUT2D eigenvalue weighted by atomic mass is 32.2. The summed E-state index contributed by atoms with van der Waals surface area (Å²) in [5.41, 5.74) is 0.728. The molecule has 0 heterocycles. The van der Waals surface area contributed by atoms with Gasteiger partial charge in [-0.25, -0.2) is 0 Å². The SMILES string of the molecule is COc1ccc2c(c1)C(=O)c1cc(CO)c3c(c1C2=O)CC(OS(C)(=O)=O)C3OS(C)(=O)=O. The molecule has 2 atom stereocenters. The summed E-state index contributed by atoms with van der Waals surface area (Å²) in [6.07, 6.45) is -1.38. The van der Waals surface area contributed by atoms with Crippen molar-refractivity contribution in [1.82, 2.24) is 0 Å². The van der Waals surface area contributed by atoms with E-state index < -0.39 is 50.6 Å². The number of ether oxygens (including phenoxy) is 1. The van der Waals surface area contributed by atoms with E-state index in [1.807, 2.05) is 0 Å². The number of fused-ring (bicyclic) bond motifs is 4. The largest absolute Gasteiger partial charge is 0.497 e. The lowest BCUT2D eigenvalue weighted by molar-refractivity contribution is 0.0768. The third-order valence-corrected chi connectivity index (χ3v) is 6.68. The van der Waals surface area contributed by atoms with E-state index in [-0.39, 0.29) is 45.4 Å². The Hall–Kier alpha value is -2.64. The third kappa shape index (κ3) is 4.20. The lowest BCUT2D eigenvalue weighted by atomic mass is 9.79. The number of aliphatic hydroxyl groups excluding tert-OH is 1. The van der Waals surface area contributed by atoms with E-state index in [2.05, 4.69) is 0 Å². The van der Waals surface area contributed by atoms with E-state index >= 15 is 0 Å². The predicted octanol–water partition coefficient (Wildman–Crippen LogP) is 0.881. The lowest BCUT2D eigenvalue weighted by Crippen LogP contribution is -2.26. The van der Waals surface area contributed by atoms with Crippen LogP contribution in [0.25, 0.3) is 0 Å². The smallest absolute Gasteiger partial charge is 0.265 e. The molecule has 2 aliphatic carbocycles. The predicted molar refractivity (Wildman–Crippen MR) is 114 cm³/mol. The van der Waals surface area contributed by atoms with Crippen molar-refractivity contribution in [2.75, 3.05) is 19.6 Å². The van der Waals surface area contributed by atoms with Crippen LogP contribution in [0.3, 0.4) is 0 Å². The Balaban J connectivity index is 1.96. The van der Waals surface area contributed by atoms with Gasteiger partial charge in [0.2, 0.25) is 0 Å². The fourth-order valence-corrected chi connectivity index (χ4v) is 5.58. The number of rotatable bonds is 6. The van der Waals surface area contributed by atoms with Crippen LogP contribution in [0.4, 0.5) is 0 Å². The molecule has 0 aliphatic heterocycles. The average molecular weight is 497 g/mol. The van der Waals surface area contributed by atoms with Crippen LogP contribution in [-0.2, 0) is 41.6 Å². The number of ketones is 2. The lowest BCUT2D eigenvalue weighted by Gasteiger charge is -2.23. The average Bonchev–Trinajstić information content (AvgIpc) is 3.05. The van der Waals surface area contributed by atoms with Gasteiger partial charge in [0.1, 0.15) is 18.0 Å². The van der Waals surface area contributed by atoms with Crippen molar-refractivity contribution < 1.29 is 44.6 Å². The zero-order chi connectivity index (χ0) is 24.3. The Morgan fingerprint density at radius 1 is 0.939 bits per heavy atom. The van der Waals surface area contributed by atoms with E-state index in [0.717, 1.165) is 12.5 Å². The van der Waals surface area contributed by atoms with E-state index in [4.69, 9.17) is 13.1 Å². The van der Waals surface area contributed by atoms with E-state index in [1.165, 1.54) is 31.4 Å². The highest BCUT2D eigenvalue weighted by Crippen LogP contribution is 2.45. The summed E-state index contributed by atoms with van der Waals surface area (Å²) >= 11 is 0. The molecule has 4 rings (SSSR count). The highest BCUT2D eigenvalue weighted by Gasteiger charge is 2.45. The van der Waals surface area contributed by atoms with Gasteiger partial charge < -0.3 is 9.84 Å². The second-order valence-corrected chi connectivity index (χ2v) is 11.0. The number of hydrogen-bond acceptors (Lipinski definition) is 10. The summed E-state index contributed by atoms with van der Waals surface area (Å²) in [6.45, 7) is -0.614. The molecule has 0 fully saturated rings. The summed E-state index contributed by atoms with van der Waals surface area (Å²) in [7, 11) is -6.70. The van der Waals surface area contributed by atoms with Gasteiger partial charge in [-0.2, -0.15) is 16.8 Å². The van der Waals surface area contributed by atoms with Crippen molar-refractivity contribution in [2.45, 2.75) is 25.2 Å². The first-order chi connectivity index (χ1) is 15.3. The maximum atomic E-state index is 13.4. The molecule has 33 heavy (non-hydrogen) atoms.